The Morgan fingerprint density at radius 1 is 1.28 bits per heavy atom. The van der Waals surface area contributed by atoms with E-state index in [0.717, 1.165) is 30.2 Å². The van der Waals surface area contributed by atoms with Gasteiger partial charge in [-0.3, -0.25) is 9.78 Å². The molecule has 1 N–H and O–H groups in total. The Balaban J connectivity index is 2.16. The first-order chi connectivity index (χ1) is 8.75. The van der Waals surface area contributed by atoms with Crippen molar-refractivity contribution in [2.24, 2.45) is 0 Å². The molecule has 0 amide bonds. The molecule has 3 rings (SSSR count). The summed E-state index contributed by atoms with van der Waals surface area (Å²) in [6, 6.07) is 8.05. The maximum Gasteiger partial charge on any atom is 0.303 e. The van der Waals surface area contributed by atoms with Crippen LogP contribution >= 0.6 is 0 Å². The summed E-state index contributed by atoms with van der Waals surface area (Å²) in [5, 5.41) is 10.0. The fraction of sp³-hybridized carbons (Fsp3) is 0.333. The van der Waals surface area contributed by atoms with Gasteiger partial charge in [-0.25, -0.2) is 0 Å². The standard InChI is InChI=1S/C15H15NO2/c17-15(18)9-8-10-11-4-1-2-6-13(11)16-14-7-3-5-12(10)14/h1-2,4,6H,3,5,7-9H2,(H,17,18). The van der Waals surface area contributed by atoms with E-state index in [1.54, 1.807) is 0 Å². The minimum absolute atomic E-state index is 0.195. The first kappa shape index (κ1) is 11.2. The Labute approximate surface area is 105 Å². The van der Waals surface area contributed by atoms with E-state index in [1.165, 1.54) is 16.8 Å². The molecule has 1 aromatic carbocycles. The van der Waals surface area contributed by atoms with E-state index < -0.39 is 5.97 Å². The molecule has 1 aliphatic rings. The number of pyridine rings is 1. The molecule has 2 aromatic rings. The van der Waals surface area contributed by atoms with E-state index in [1.807, 2.05) is 18.2 Å². The van der Waals surface area contributed by atoms with Gasteiger partial charge < -0.3 is 5.11 Å². The molecule has 0 atom stereocenters. The van der Waals surface area contributed by atoms with Crippen LogP contribution in [0.5, 0.6) is 0 Å². The predicted molar refractivity (Wildman–Crippen MR) is 69.7 cm³/mol. The molecular formula is C15H15NO2. The van der Waals surface area contributed by atoms with Crippen LogP contribution in [-0.4, -0.2) is 16.1 Å². The topological polar surface area (TPSA) is 50.2 Å². The summed E-state index contributed by atoms with van der Waals surface area (Å²) in [4.78, 5) is 15.5. The van der Waals surface area contributed by atoms with E-state index in [9.17, 15) is 4.79 Å². The first-order valence-corrected chi connectivity index (χ1v) is 6.37. The summed E-state index contributed by atoms with van der Waals surface area (Å²) in [5.41, 5.74) is 4.68. The number of hydrogen-bond acceptors (Lipinski definition) is 2. The van der Waals surface area contributed by atoms with Crippen molar-refractivity contribution < 1.29 is 9.90 Å². The SMILES string of the molecule is O=C(O)CCc1c2c(nc3ccccc13)CCC2. The summed E-state index contributed by atoms with van der Waals surface area (Å²) in [7, 11) is 0. The van der Waals surface area contributed by atoms with Gasteiger partial charge in [-0.1, -0.05) is 18.2 Å². The van der Waals surface area contributed by atoms with Crippen LogP contribution in [0.2, 0.25) is 0 Å². The van der Waals surface area contributed by atoms with E-state index in [4.69, 9.17) is 10.1 Å². The number of aliphatic carboxylic acids is 1. The van der Waals surface area contributed by atoms with Crippen molar-refractivity contribution in [3.8, 4) is 0 Å². The molecule has 1 aliphatic carbocycles. The highest BCUT2D eigenvalue weighted by Crippen LogP contribution is 2.30. The summed E-state index contributed by atoms with van der Waals surface area (Å²) in [6.07, 6.45) is 4.02. The minimum Gasteiger partial charge on any atom is -0.481 e. The second kappa shape index (κ2) is 4.41. The van der Waals surface area contributed by atoms with E-state index in [0.29, 0.717) is 6.42 Å². The highest BCUT2D eigenvalue weighted by atomic mass is 16.4. The van der Waals surface area contributed by atoms with Gasteiger partial charge in [0.2, 0.25) is 0 Å². The molecule has 92 valence electrons. The van der Waals surface area contributed by atoms with Gasteiger partial charge in [-0.15, -0.1) is 0 Å². The number of carboxylic acids is 1. The summed E-state index contributed by atoms with van der Waals surface area (Å²) < 4.78 is 0. The molecule has 18 heavy (non-hydrogen) atoms. The molecule has 0 radical (unpaired) electrons. The Kier molecular flexibility index (Phi) is 2.74. The number of aryl methyl sites for hydroxylation is 2. The number of para-hydroxylation sites is 1. The zero-order valence-corrected chi connectivity index (χ0v) is 10.1. The molecular weight excluding hydrogens is 226 g/mol. The third kappa shape index (κ3) is 1.86. The second-order valence-electron chi connectivity index (χ2n) is 4.78. The molecule has 1 aromatic heterocycles. The number of fused-ring (bicyclic) bond motifs is 2. The van der Waals surface area contributed by atoms with Gasteiger partial charge >= 0.3 is 5.97 Å². The van der Waals surface area contributed by atoms with Gasteiger partial charge in [-0.2, -0.15) is 0 Å². The van der Waals surface area contributed by atoms with E-state index >= 15 is 0 Å². The van der Waals surface area contributed by atoms with Gasteiger partial charge in [-0.05, 0) is 42.9 Å². The molecule has 0 unspecified atom stereocenters. The molecule has 0 bridgehead atoms. The molecule has 0 spiro atoms. The Hall–Kier alpha value is -1.90. The number of benzene rings is 1. The van der Waals surface area contributed by atoms with Crippen LogP contribution in [0.1, 0.15) is 29.7 Å². The average molecular weight is 241 g/mol. The third-order valence-electron chi connectivity index (χ3n) is 3.63. The highest BCUT2D eigenvalue weighted by Gasteiger charge is 2.19. The van der Waals surface area contributed by atoms with Crippen molar-refractivity contribution in [1.29, 1.82) is 0 Å². The second-order valence-corrected chi connectivity index (χ2v) is 4.78. The molecule has 0 saturated heterocycles. The number of carbonyl (C=O) groups is 1. The molecule has 3 nitrogen and oxygen atoms in total. The Morgan fingerprint density at radius 3 is 2.94 bits per heavy atom. The maximum absolute atomic E-state index is 10.8. The lowest BCUT2D eigenvalue weighted by molar-refractivity contribution is -0.136. The largest absolute Gasteiger partial charge is 0.481 e. The zero-order valence-electron chi connectivity index (χ0n) is 10.1. The zero-order chi connectivity index (χ0) is 12.5. The average Bonchev–Trinajstić information content (AvgIpc) is 2.82. The fourth-order valence-corrected chi connectivity index (χ4v) is 2.83. The predicted octanol–water partition coefficient (Wildman–Crippen LogP) is 2.74. The van der Waals surface area contributed by atoms with Crippen LogP contribution in [0.4, 0.5) is 0 Å². The fourth-order valence-electron chi connectivity index (χ4n) is 2.83. The highest BCUT2D eigenvalue weighted by molar-refractivity contribution is 5.84. The van der Waals surface area contributed by atoms with Crippen LogP contribution < -0.4 is 0 Å². The summed E-state index contributed by atoms with van der Waals surface area (Å²) in [6.45, 7) is 0. The molecule has 0 aliphatic heterocycles. The van der Waals surface area contributed by atoms with Gasteiger partial charge in [0.25, 0.3) is 0 Å². The quantitative estimate of drug-likeness (QED) is 0.898. The van der Waals surface area contributed by atoms with Gasteiger partial charge in [0.1, 0.15) is 0 Å². The Bertz CT molecular complexity index is 619. The number of rotatable bonds is 3. The van der Waals surface area contributed by atoms with Crippen molar-refractivity contribution in [2.45, 2.75) is 32.1 Å². The van der Waals surface area contributed by atoms with Crippen LogP contribution in [0.15, 0.2) is 24.3 Å². The van der Waals surface area contributed by atoms with Gasteiger partial charge in [0, 0.05) is 17.5 Å². The van der Waals surface area contributed by atoms with Gasteiger partial charge in [0.15, 0.2) is 0 Å². The summed E-state index contributed by atoms with van der Waals surface area (Å²) in [5.74, 6) is -0.734. The molecule has 3 heteroatoms. The summed E-state index contributed by atoms with van der Waals surface area (Å²) >= 11 is 0. The lowest BCUT2D eigenvalue weighted by atomic mass is 9.97. The van der Waals surface area contributed by atoms with Gasteiger partial charge in [0.05, 0.1) is 5.52 Å². The number of hydrogen-bond donors (Lipinski definition) is 1. The van der Waals surface area contributed by atoms with Crippen LogP contribution in [0, 0.1) is 0 Å². The van der Waals surface area contributed by atoms with Crippen molar-refractivity contribution >= 4 is 16.9 Å². The van der Waals surface area contributed by atoms with E-state index in [-0.39, 0.29) is 6.42 Å². The van der Waals surface area contributed by atoms with Crippen LogP contribution in [-0.2, 0) is 24.1 Å². The maximum atomic E-state index is 10.8. The van der Waals surface area contributed by atoms with Crippen LogP contribution in [0.25, 0.3) is 10.9 Å². The molecule has 0 saturated carbocycles. The lowest BCUT2D eigenvalue weighted by Crippen LogP contribution is -2.03. The monoisotopic (exact) mass is 241 g/mol. The van der Waals surface area contributed by atoms with Crippen molar-refractivity contribution in [3.63, 3.8) is 0 Å². The smallest absolute Gasteiger partial charge is 0.303 e. The van der Waals surface area contributed by atoms with Crippen molar-refractivity contribution in [1.82, 2.24) is 4.98 Å². The molecule has 0 fully saturated rings. The number of carboxylic acid groups (broad SMARTS) is 1. The lowest BCUT2D eigenvalue weighted by Gasteiger charge is -2.11. The third-order valence-corrected chi connectivity index (χ3v) is 3.63. The number of aromatic nitrogens is 1. The first-order valence-electron chi connectivity index (χ1n) is 6.37. The number of nitrogens with zero attached hydrogens (tertiary/aromatic N) is 1. The normalized spacial score (nSPS) is 13.8. The van der Waals surface area contributed by atoms with Crippen molar-refractivity contribution in [2.75, 3.05) is 0 Å². The Morgan fingerprint density at radius 2 is 2.11 bits per heavy atom. The van der Waals surface area contributed by atoms with Crippen LogP contribution in [0.3, 0.4) is 0 Å². The molecule has 1 heterocycles. The van der Waals surface area contributed by atoms with E-state index in [2.05, 4.69) is 6.07 Å². The minimum atomic E-state index is -0.734. The van der Waals surface area contributed by atoms with Crippen molar-refractivity contribution in [3.05, 3.63) is 41.1 Å².